The summed E-state index contributed by atoms with van der Waals surface area (Å²) in [6, 6.07) is 1.47. The van der Waals surface area contributed by atoms with E-state index in [0.717, 1.165) is 43.2 Å². The Hall–Kier alpha value is -1.20. The number of hydrogen-bond acceptors (Lipinski definition) is 5. The van der Waals surface area contributed by atoms with E-state index in [2.05, 4.69) is 25.1 Å². The second-order valence-electron chi connectivity index (χ2n) is 6.30. The monoisotopic (exact) mass is 273 g/mol. The van der Waals surface area contributed by atoms with E-state index in [0.29, 0.717) is 0 Å². The maximum Gasteiger partial charge on any atom is 0.147 e. The number of fused-ring (bicyclic) bond motifs is 1. The lowest BCUT2D eigenvalue weighted by Crippen LogP contribution is -2.50. The van der Waals surface area contributed by atoms with Gasteiger partial charge in [0.1, 0.15) is 5.82 Å². The lowest BCUT2D eigenvalue weighted by atomic mass is 10.1. The second kappa shape index (κ2) is 5.30. The highest BCUT2D eigenvalue weighted by atomic mass is 15.3. The molecule has 0 bridgehead atoms. The molecule has 1 saturated carbocycles. The highest BCUT2D eigenvalue weighted by Crippen LogP contribution is 2.24. The summed E-state index contributed by atoms with van der Waals surface area (Å²) in [6.45, 7) is 5.53. The quantitative estimate of drug-likeness (QED) is 0.887. The number of aromatic nitrogens is 2. The van der Waals surface area contributed by atoms with Crippen molar-refractivity contribution in [1.82, 2.24) is 20.2 Å². The first-order chi connectivity index (χ1) is 9.88. The smallest absolute Gasteiger partial charge is 0.147 e. The van der Waals surface area contributed by atoms with Crippen molar-refractivity contribution in [2.75, 3.05) is 31.1 Å². The number of anilines is 1. The molecular formula is C15H23N5. The van der Waals surface area contributed by atoms with Crippen LogP contribution >= 0.6 is 0 Å². The van der Waals surface area contributed by atoms with Crippen LogP contribution in [-0.2, 0) is 6.54 Å². The highest BCUT2D eigenvalue weighted by Gasteiger charge is 2.31. The van der Waals surface area contributed by atoms with Gasteiger partial charge in [0.25, 0.3) is 0 Å². The van der Waals surface area contributed by atoms with Gasteiger partial charge in [-0.25, -0.2) is 4.98 Å². The Bertz CT molecular complexity index is 456. The van der Waals surface area contributed by atoms with Crippen LogP contribution in [-0.4, -0.2) is 53.1 Å². The molecule has 1 unspecified atom stereocenters. The van der Waals surface area contributed by atoms with Gasteiger partial charge in [0.05, 0.1) is 18.1 Å². The van der Waals surface area contributed by atoms with Crippen LogP contribution in [0.5, 0.6) is 0 Å². The minimum Gasteiger partial charge on any atom is -0.352 e. The van der Waals surface area contributed by atoms with Crippen LogP contribution in [0.2, 0.25) is 0 Å². The molecule has 1 aromatic rings. The van der Waals surface area contributed by atoms with E-state index < -0.39 is 0 Å². The van der Waals surface area contributed by atoms with Crippen LogP contribution < -0.4 is 10.2 Å². The Morgan fingerprint density at radius 3 is 2.85 bits per heavy atom. The van der Waals surface area contributed by atoms with Gasteiger partial charge >= 0.3 is 0 Å². The summed E-state index contributed by atoms with van der Waals surface area (Å²) in [7, 11) is 0. The molecule has 3 heterocycles. The van der Waals surface area contributed by atoms with Gasteiger partial charge in [-0.1, -0.05) is 0 Å². The zero-order valence-electron chi connectivity index (χ0n) is 12.0. The molecule has 0 aromatic carbocycles. The third-order valence-electron chi connectivity index (χ3n) is 4.75. The molecule has 1 aliphatic carbocycles. The fourth-order valence-corrected chi connectivity index (χ4v) is 3.34. The molecule has 5 heteroatoms. The Labute approximate surface area is 120 Å². The first kappa shape index (κ1) is 12.5. The highest BCUT2D eigenvalue weighted by molar-refractivity contribution is 5.37. The summed E-state index contributed by atoms with van der Waals surface area (Å²) in [5, 5.41) is 3.48. The van der Waals surface area contributed by atoms with Gasteiger partial charge in [0, 0.05) is 38.3 Å². The van der Waals surface area contributed by atoms with Crippen LogP contribution in [0.1, 0.15) is 31.4 Å². The van der Waals surface area contributed by atoms with Crippen molar-refractivity contribution < 1.29 is 0 Å². The van der Waals surface area contributed by atoms with Crippen molar-refractivity contribution in [2.45, 2.75) is 44.3 Å². The van der Waals surface area contributed by atoms with E-state index in [-0.39, 0.29) is 0 Å². The van der Waals surface area contributed by atoms with Gasteiger partial charge in [0.2, 0.25) is 0 Å². The van der Waals surface area contributed by atoms with Gasteiger partial charge in [0.15, 0.2) is 0 Å². The Morgan fingerprint density at radius 1 is 1.10 bits per heavy atom. The lowest BCUT2D eigenvalue weighted by molar-refractivity contribution is 0.230. The first-order valence-corrected chi connectivity index (χ1v) is 7.92. The predicted molar refractivity (Wildman–Crippen MR) is 78.7 cm³/mol. The molecule has 1 atom stereocenters. The van der Waals surface area contributed by atoms with E-state index in [1.54, 1.807) is 0 Å². The fourth-order valence-electron chi connectivity index (χ4n) is 3.34. The molecule has 0 spiro atoms. The Morgan fingerprint density at radius 2 is 2.05 bits per heavy atom. The van der Waals surface area contributed by atoms with Crippen LogP contribution in [0.15, 0.2) is 12.4 Å². The Kier molecular flexibility index (Phi) is 3.32. The summed E-state index contributed by atoms with van der Waals surface area (Å²) in [5.74, 6) is 1.05. The summed E-state index contributed by atoms with van der Waals surface area (Å²) >= 11 is 0. The molecule has 20 heavy (non-hydrogen) atoms. The SMILES string of the molecule is c1nc(N2CCN3CCCC3C2)cnc1CNC1CC1. The molecule has 2 saturated heterocycles. The third kappa shape index (κ3) is 2.65. The molecule has 3 aliphatic rings. The number of rotatable bonds is 4. The van der Waals surface area contributed by atoms with Gasteiger partial charge < -0.3 is 10.2 Å². The van der Waals surface area contributed by atoms with Gasteiger partial charge in [-0.05, 0) is 32.2 Å². The predicted octanol–water partition coefficient (Wildman–Crippen LogP) is 1.01. The molecule has 0 radical (unpaired) electrons. The zero-order valence-corrected chi connectivity index (χ0v) is 12.0. The zero-order chi connectivity index (χ0) is 13.4. The van der Waals surface area contributed by atoms with Gasteiger partial charge in [-0.2, -0.15) is 0 Å². The van der Waals surface area contributed by atoms with E-state index in [4.69, 9.17) is 0 Å². The van der Waals surface area contributed by atoms with Crippen LogP contribution in [0, 0.1) is 0 Å². The summed E-state index contributed by atoms with van der Waals surface area (Å²) < 4.78 is 0. The summed E-state index contributed by atoms with van der Waals surface area (Å²) in [5.41, 5.74) is 1.06. The second-order valence-corrected chi connectivity index (χ2v) is 6.30. The van der Waals surface area contributed by atoms with Crippen LogP contribution in [0.3, 0.4) is 0 Å². The minimum atomic E-state index is 0.729. The Balaban J connectivity index is 1.37. The average molecular weight is 273 g/mol. The third-order valence-corrected chi connectivity index (χ3v) is 4.75. The topological polar surface area (TPSA) is 44.3 Å². The molecule has 0 amide bonds. The minimum absolute atomic E-state index is 0.729. The first-order valence-electron chi connectivity index (χ1n) is 7.92. The molecule has 1 aromatic heterocycles. The molecule has 2 aliphatic heterocycles. The molecule has 5 nitrogen and oxygen atoms in total. The van der Waals surface area contributed by atoms with Crippen molar-refractivity contribution in [3.8, 4) is 0 Å². The van der Waals surface area contributed by atoms with E-state index >= 15 is 0 Å². The van der Waals surface area contributed by atoms with Crippen molar-refractivity contribution in [3.05, 3.63) is 18.1 Å². The average Bonchev–Trinajstić information content (AvgIpc) is 3.21. The van der Waals surface area contributed by atoms with Gasteiger partial charge in [-0.15, -0.1) is 0 Å². The van der Waals surface area contributed by atoms with Crippen molar-refractivity contribution in [2.24, 2.45) is 0 Å². The number of nitrogens with zero attached hydrogens (tertiary/aromatic N) is 4. The van der Waals surface area contributed by atoms with Crippen molar-refractivity contribution in [3.63, 3.8) is 0 Å². The molecular weight excluding hydrogens is 250 g/mol. The maximum atomic E-state index is 4.62. The van der Waals surface area contributed by atoms with E-state index in [1.165, 1.54) is 38.8 Å². The number of piperazine rings is 1. The summed E-state index contributed by atoms with van der Waals surface area (Å²) in [6.07, 6.45) is 9.22. The maximum absolute atomic E-state index is 4.62. The summed E-state index contributed by atoms with van der Waals surface area (Å²) in [4.78, 5) is 14.2. The number of nitrogens with one attached hydrogen (secondary N) is 1. The molecule has 1 N–H and O–H groups in total. The number of hydrogen-bond donors (Lipinski definition) is 1. The van der Waals surface area contributed by atoms with Crippen LogP contribution in [0.25, 0.3) is 0 Å². The van der Waals surface area contributed by atoms with Crippen molar-refractivity contribution in [1.29, 1.82) is 0 Å². The standard InChI is InChI=1S/C15H23N5/c1-2-14-11-20(7-6-19(14)5-1)15-10-17-13(9-18-15)8-16-12-3-4-12/h9-10,12,14,16H,1-8,11H2. The molecule has 108 valence electrons. The van der Waals surface area contributed by atoms with E-state index in [1.807, 2.05) is 12.4 Å². The van der Waals surface area contributed by atoms with Crippen molar-refractivity contribution >= 4 is 5.82 Å². The largest absolute Gasteiger partial charge is 0.352 e. The fraction of sp³-hybridized carbons (Fsp3) is 0.733. The van der Waals surface area contributed by atoms with Gasteiger partial charge in [-0.3, -0.25) is 9.88 Å². The normalized spacial score (nSPS) is 26.8. The molecule has 4 rings (SSSR count). The van der Waals surface area contributed by atoms with E-state index in [9.17, 15) is 0 Å². The molecule has 3 fully saturated rings. The lowest BCUT2D eigenvalue weighted by Gasteiger charge is -2.37. The van der Waals surface area contributed by atoms with Crippen LogP contribution in [0.4, 0.5) is 5.82 Å².